The minimum Gasteiger partial charge on any atom is -0.614 e. The van der Waals surface area contributed by atoms with Crippen LogP contribution in [0.3, 0.4) is 0 Å². The molecule has 0 aliphatic rings. The zero-order valence-corrected chi connectivity index (χ0v) is 5.60. The van der Waals surface area contributed by atoms with Crippen LogP contribution in [-0.4, -0.2) is 6.61 Å². The van der Waals surface area contributed by atoms with Gasteiger partial charge in [0.05, 0.1) is 0 Å². The third-order valence-electron chi connectivity index (χ3n) is 0.522. The largest absolute Gasteiger partial charge is 1.00 e. The number of hydrogen-bond acceptors (Lipinski definition) is 2. The fourth-order valence-electron chi connectivity index (χ4n) is 0.226. The van der Waals surface area contributed by atoms with Crippen molar-refractivity contribution in [3.05, 3.63) is 12.0 Å². The molecule has 0 N–H and O–H groups in total. The smallest absolute Gasteiger partial charge is 0.614 e. The average Bonchev–Trinajstić information content (AvgIpc) is 1.68. The predicted molar refractivity (Wildman–Crippen MR) is 25.4 cm³/mol. The van der Waals surface area contributed by atoms with Gasteiger partial charge in [0.2, 0.25) is 0 Å². The van der Waals surface area contributed by atoms with Gasteiger partial charge in [0.25, 0.3) is 0 Å². The molecule has 0 rings (SSSR count). The zero-order chi connectivity index (χ0) is 5.70. The molecule has 0 aromatic carbocycles. The second kappa shape index (κ2) is 6.94. The SMILES string of the molecule is C/C=C(\[O-])OCC.[Li+]. The Kier molecular flexibility index (Phi) is 9.40. The van der Waals surface area contributed by atoms with Gasteiger partial charge in [0, 0.05) is 5.95 Å². The maximum atomic E-state index is 10.1. The molecule has 0 unspecified atom stereocenters. The zero-order valence-electron chi connectivity index (χ0n) is 5.60. The van der Waals surface area contributed by atoms with Crippen molar-refractivity contribution in [3.63, 3.8) is 0 Å². The van der Waals surface area contributed by atoms with E-state index in [1.165, 1.54) is 6.08 Å². The molecule has 0 amide bonds. The summed E-state index contributed by atoms with van der Waals surface area (Å²) in [6.07, 6.45) is 1.39. The van der Waals surface area contributed by atoms with Crippen LogP contribution in [0.4, 0.5) is 0 Å². The van der Waals surface area contributed by atoms with Gasteiger partial charge in [0.1, 0.15) is 0 Å². The van der Waals surface area contributed by atoms with E-state index in [-0.39, 0.29) is 24.8 Å². The van der Waals surface area contributed by atoms with Gasteiger partial charge in [-0.15, -0.1) is 0 Å². The van der Waals surface area contributed by atoms with E-state index in [1.54, 1.807) is 13.8 Å². The van der Waals surface area contributed by atoms with Crippen LogP contribution in [0.5, 0.6) is 0 Å². The molecule has 0 heterocycles. The Morgan fingerprint density at radius 2 is 2.25 bits per heavy atom. The predicted octanol–water partition coefficient (Wildman–Crippen LogP) is -2.75. The van der Waals surface area contributed by atoms with Crippen LogP contribution in [-0.2, 0) is 4.74 Å². The molecule has 0 atom stereocenters. The van der Waals surface area contributed by atoms with Crippen LogP contribution in [0.15, 0.2) is 12.0 Å². The molecular weight excluding hydrogens is 99.0 g/mol. The van der Waals surface area contributed by atoms with Crippen LogP contribution in [0.25, 0.3) is 0 Å². The standard InChI is InChI=1S/C5H10O2.Li/c1-3-5(6)7-4-2;/h3,6H,4H2,1-2H3;/q;+1/p-1/b5-3+;. The molecule has 42 valence electrons. The van der Waals surface area contributed by atoms with Crippen LogP contribution in [0.2, 0.25) is 0 Å². The molecular formula is C5H9LiO2. The number of hydrogen-bond donors (Lipinski definition) is 0. The molecule has 0 spiro atoms. The first kappa shape index (κ1) is 10.8. The first-order valence-electron chi connectivity index (χ1n) is 2.27. The van der Waals surface area contributed by atoms with Gasteiger partial charge in [-0.1, -0.05) is 13.0 Å². The molecule has 0 saturated heterocycles. The molecule has 3 heteroatoms. The molecule has 2 nitrogen and oxygen atoms in total. The van der Waals surface area contributed by atoms with Gasteiger partial charge in [-0.05, 0) is 13.5 Å². The van der Waals surface area contributed by atoms with E-state index in [2.05, 4.69) is 4.74 Å². The molecule has 0 bridgehead atoms. The van der Waals surface area contributed by atoms with E-state index in [4.69, 9.17) is 0 Å². The summed E-state index contributed by atoms with van der Waals surface area (Å²) in [6, 6.07) is 0. The maximum Gasteiger partial charge on any atom is 1.00 e. The maximum absolute atomic E-state index is 10.1. The summed E-state index contributed by atoms with van der Waals surface area (Å²) in [5, 5.41) is 10.1. The summed E-state index contributed by atoms with van der Waals surface area (Å²) in [5.41, 5.74) is 0. The first-order chi connectivity index (χ1) is 3.31. The second-order valence-electron chi connectivity index (χ2n) is 1.04. The second-order valence-corrected chi connectivity index (χ2v) is 1.04. The third-order valence-corrected chi connectivity index (χ3v) is 0.522. The summed E-state index contributed by atoms with van der Waals surface area (Å²) < 4.78 is 4.50. The van der Waals surface area contributed by atoms with Gasteiger partial charge in [0.15, 0.2) is 0 Å². The van der Waals surface area contributed by atoms with Crippen molar-refractivity contribution >= 4 is 0 Å². The summed E-state index contributed by atoms with van der Waals surface area (Å²) in [4.78, 5) is 0. The Labute approximate surface area is 61.7 Å². The van der Waals surface area contributed by atoms with Crippen molar-refractivity contribution in [2.24, 2.45) is 0 Å². The quantitative estimate of drug-likeness (QED) is 0.284. The topological polar surface area (TPSA) is 32.3 Å². The summed E-state index contributed by atoms with van der Waals surface area (Å²) >= 11 is 0. The normalized spacial score (nSPS) is 10.0. The Balaban J connectivity index is 0. The van der Waals surface area contributed by atoms with Gasteiger partial charge in [-0.2, -0.15) is 0 Å². The Morgan fingerprint density at radius 1 is 1.75 bits per heavy atom. The van der Waals surface area contributed by atoms with Crippen LogP contribution < -0.4 is 24.0 Å². The van der Waals surface area contributed by atoms with Crippen LogP contribution >= 0.6 is 0 Å². The van der Waals surface area contributed by atoms with Crippen molar-refractivity contribution in [2.75, 3.05) is 6.61 Å². The number of ether oxygens (including phenoxy) is 1. The summed E-state index contributed by atoms with van der Waals surface area (Å²) in [5.74, 6) is -0.248. The van der Waals surface area contributed by atoms with Gasteiger partial charge >= 0.3 is 18.9 Å². The Morgan fingerprint density at radius 3 is 2.38 bits per heavy atom. The van der Waals surface area contributed by atoms with Gasteiger partial charge < -0.3 is 9.84 Å². The van der Waals surface area contributed by atoms with E-state index in [9.17, 15) is 5.11 Å². The van der Waals surface area contributed by atoms with Gasteiger partial charge in [-0.25, -0.2) is 0 Å². The van der Waals surface area contributed by atoms with E-state index in [1.807, 2.05) is 0 Å². The fourth-order valence-corrected chi connectivity index (χ4v) is 0.226. The van der Waals surface area contributed by atoms with Crippen molar-refractivity contribution in [3.8, 4) is 0 Å². The van der Waals surface area contributed by atoms with Crippen LogP contribution in [0, 0.1) is 0 Å². The van der Waals surface area contributed by atoms with Crippen molar-refractivity contribution in [1.82, 2.24) is 0 Å². The van der Waals surface area contributed by atoms with Crippen LogP contribution in [0.1, 0.15) is 13.8 Å². The molecule has 0 aromatic heterocycles. The first-order valence-corrected chi connectivity index (χ1v) is 2.27. The van der Waals surface area contributed by atoms with Crippen molar-refractivity contribution in [1.29, 1.82) is 0 Å². The minimum absolute atomic E-state index is 0. The van der Waals surface area contributed by atoms with E-state index in [0.29, 0.717) is 6.61 Å². The molecule has 0 saturated carbocycles. The Hall–Kier alpha value is -0.0626. The number of allylic oxidation sites excluding steroid dienone is 1. The summed E-state index contributed by atoms with van der Waals surface area (Å²) in [7, 11) is 0. The molecule has 0 aromatic rings. The summed E-state index contributed by atoms with van der Waals surface area (Å²) in [6.45, 7) is 3.89. The van der Waals surface area contributed by atoms with Crippen molar-refractivity contribution in [2.45, 2.75) is 13.8 Å². The molecule has 0 radical (unpaired) electrons. The average molecular weight is 108 g/mol. The third kappa shape index (κ3) is 5.94. The molecule has 8 heavy (non-hydrogen) atoms. The minimum atomic E-state index is -0.248. The monoisotopic (exact) mass is 108 g/mol. The van der Waals surface area contributed by atoms with E-state index >= 15 is 0 Å². The van der Waals surface area contributed by atoms with E-state index < -0.39 is 0 Å². The number of rotatable bonds is 2. The fraction of sp³-hybridized carbons (Fsp3) is 0.600. The molecule has 0 aliphatic carbocycles. The Bertz CT molecular complexity index is 70.8. The van der Waals surface area contributed by atoms with E-state index in [0.717, 1.165) is 0 Å². The molecule has 0 fully saturated rings. The van der Waals surface area contributed by atoms with Crippen molar-refractivity contribution < 1.29 is 28.7 Å². The van der Waals surface area contributed by atoms with Gasteiger partial charge in [-0.3, -0.25) is 0 Å². The molecule has 0 aliphatic heterocycles.